The van der Waals surface area contributed by atoms with Gasteiger partial charge in [0.1, 0.15) is 5.78 Å². The van der Waals surface area contributed by atoms with Gasteiger partial charge in [-0.1, -0.05) is 0 Å². The Kier molecular flexibility index (Phi) is 5.30. The number of ether oxygens (including phenoxy) is 1. The van der Waals surface area contributed by atoms with Crippen molar-refractivity contribution in [2.75, 3.05) is 44.2 Å². The predicted octanol–water partition coefficient (Wildman–Crippen LogP) is 1.99. The fourth-order valence-electron chi connectivity index (χ4n) is 5.94. The Labute approximate surface area is 171 Å². The van der Waals surface area contributed by atoms with Crippen LogP contribution in [0.4, 0.5) is 10.1 Å². The summed E-state index contributed by atoms with van der Waals surface area (Å²) in [5, 5.41) is 3.41. The number of ketones is 1. The van der Waals surface area contributed by atoms with E-state index < -0.39 is 0 Å². The highest BCUT2D eigenvalue weighted by Gasteiger charge is 2.53. The number of fused-ring (bicyclic) bond motifs is 1. The zero-order valence-corrected chi connectivity index (χ0v) is 17.0. The molecule has 4 unspecified atom stereocenters. The molecule has 3 aliphatic heterocycles. The Balaban J connectivity index is 1.39. The van der Waals surface area contributed by atoms with Gasteiger partial charge in [-0.2, -0.15) is 0 Å². The van der Waals surface area contributed by atoms with E-state index in [4.69, 9.17) is 4.74 Å². The molecule has 4 atom stereocenters. The van der Waals surface area contributed by atoms with Gasteiger partial charge in [-0.05, 0) is 38.2 Å². The fourth-order valence-corrected chi connectivity index (χ4v) is 5.94. The van der Waals surface area contributed by atoms with Crippen molar-refractivity contribution in [2.24, 2.45) is 5.92 Å². The van der Waals surface area contributed by atoms with Crippen LogP contribution in [0.25, 0.3) is 0 Å². The van der Waals surface area contributed by atoms with Crippen molar-refractivity contribution in [1.82, 2.24) is 15.2 Å². The molecule has 5 rings (SSSR count). The summed E-state index contributed by atoms with van der Waals surface area (Å²) in [4.78, 5) is 21.1. The van der Waals surface area contributed by atoms with Gasteiger partial charge in [-0.25, -0.2) is 4.39 Å². The molecule has 4 aliphatic rings. The van der Waals surface area contributed by atoms with Crippen molar-refractivity contribution in [2.45, 2.75) is 56.3 Å². The van der Waals surface area contributed by atoms with Crippen LogP contribution in [0.15, 0.2) is 18.5 Å². The lowest BCUT2D eigenvalue weighted by Crippen LogP contribution is -2.57. The maximum absolute atomic E-state index is 14.6. The molecular formula is C22H31FN4O2. The molecule has 1 aliphatic carbocycles. The first-order chi connectivity index (χ1) is 14.1. The number of hydrogen-bond acceptors (Lipinski definition) is 6. The largest absolute Gasteiger partial charge is 0.371 e. The molecule has 1 N–H and O–H groups in total. The first-order valence-corrected chi connectivity index (χ1v) is 11.1. The second-order valence-corrected chi connectivity index (χ2v) is 9.19. The number of nitrogens with zero attached hydrogens (tertiary/aromatic N) is 3. The highest BCUT2D eigenvalue weighted by Crippen LogP contribution is 2.48. The number of piperidine rings is 1. The quantitative estimate of drug-likeness (QED) is 0.835. The van der Waals surface area contributed by atoms with Crippen LogP contribution >= 0.6 is 0 Å². The first kappa shape index (κ1) is 19.4. The number of Topliss-reactive ketones (excluding diaryl/α,β-unsaturated/α-hetero) is 1. The van der Waals surface area contributed by atoms with Crippen LogP contribution in [-0.2, 0) is 9.53 Å². The van der Waals surface area contributed by atoms with Gasteiger partial charge in [0.05, 0.1) is 23.6 Å². The third-order valence-electron chi connectivity index (χ3n) is 7.36. The van der Waals surface area contributed by atoms with E-state index in [1.165, 1.54) is 6.20 Å². The van der Waals surface area contributed by atoms with Gasteiger partial charge < -0.3 is 15.0 Å². The van der Waals surface area contributed by atoms with Crippen molar-refractivity contribution >= 4 is 11.5 Å². The van der Waals surface area contributed by atoms with E-state index in [2.05, 4.69) is 20.1 Å². The monoisotopic (exact) mass is 402 g/mol. The van der Waals surface area contributed by atoms with Crippen molar-refractivity contribution in [3.8, 4) is 0 Å². The van der Waals surface area contributed by atoms with Gasteiger partial charge in [-0.15, -0.1) is 0 Å². The maximum Gasteiger partial charge on any atom is 0.164 e. The Morgan fingerprint density at radius 3 is 2.93 bits per heavy atom. The summed E-state index contributed by atoms with van der Waals surface area (Å²) in [5.41, 5.74) is 0.412. The lowest BCUT2D eigenvalue weighted by atomic mass is 9.77. The van der Waals surface area contributed by atoms with Crippen LogP contribution in [0.3, 0.4) is 0 Å². The lowest BCUT2D eigenvalue weighted by molar-refractivity contribution is -0.128. The number of carbonyl (C=O) groups is 1. The molecule has 1 aromatic heterocycles. The van der Waals surface area contributed by atoms with Gasteiger partial charge in [-0.3, -0.25) is 14.7 Å². The molecule has 29 heavy (non-hydrogen) atoms. The second-order valence-electron chi connectivity index (χ2n) is 9.19. The molecular weight excluding hydrogens is 371 g/mol. The van der Waals surface area contributed by atoms with Gasteiger partial charge in [0.2, 0.25) is 0 Å². The predicted molar refractivity (Wildman–Crippen MR) is 108 cm³/mol. The number of rotatable bonds is 3. The van der Waals surface area contributed by atoms with Crippen LogP contribution in [0, 0.1) is 11.7 Å². The van der Waals surface area contributed by atoms with Crippen molar-refractivity contribution in [3.05, 3.63) is 24.3 Å². The van der Waals surface area contributed by atoms with Gasteiger partial charge in [0.15, 0.2) is 5.82 Å². The summed E-state index contributed by atoms with van der Waals surface area (Å²) in [7, 11) is 0. The SMILES string of the molecule is O=C1CCCC2OC3(CCN(c4ccncc4F)C(CN4CCNCC4)C3)CC12. The average molecular weight is 403 g/mol. The van der Waals surface area contributed by atoms with E-state index in [0.717, 1.165) is 71.4 Å². The normalized spacial score (nSPS) is 35.8. The highest BCUT2D eigenvalue weighted by atomic mass is 19.1. The molecule has 4 heterocycles. The number of hydrogen-bond donors (Lipinski definition) is 1. The van der Waals surface area contributed by atoms with Crippen LogP contribution in [-0.4, -0.2) is 72.7 Å². The zero-order valence-electron chi connectivity index (χ0n) is 17.0. The van der Waals surface area contributed by atoms with Crippen molar-refractivity contribution in [1.29, 1.82) is 0 Å². The number of nitrogens with one attached hydrogen (secondary N) is 1. The van der Waals surface area contributed by atoms with E-state index >= 15 is 0 Å². The molecule has 4 fully saturated rings. The van der Waals surface area contributed by atoms with Crippen LogP contribution in [0.1, 0.15) is 38.5 Å². The Morgan fingerprint density at radius 1 is 1.28 bits per heavy atom. The topological polar surface area (TPSA) is 57.7 Å². The molecule has 1 saturated carbocycles. The highest BCUT2D eigenvalue weighted by molar-refractivity contribution is 5.82. The molecule has 1 spiro atoms. The number of anilines is 1. The smallest absolute Gasteiger partial charge is 0.164 e. The van der Waals surface area contributed by atoms with E-state index in [0.29, 0.717) is 17.9 Å². The van der Waals surface area contributed by atoms with Gasteiger partial charge >= 0.3 is 0 Å². The molecule has 0 aromatic carbocycles. The maximum atomic E-state index is 14.6. The summed E-state index contributed by atoms with van der Waals surface area (Å²) in [6.45, 7) is 5.68. The standard InChI is InChI=1S/C22H31FN4O2/c23-18-14-25-6-4-19(18)27-9-5-22(12-16(27)15-26-10-7-24-8-11-26)13-17-20(28)2-1-3-21(17)29-22/h4,6,14,16-17,21,24H,1-3,5,7-13,15H2. The summed E-state index contributed by atoms with van der Waals surface area (Å²) in [6.07, 6.45) is 8.30. The fraction of sp³-hybridized carbons (Fsp3) is 0.727. The first-order valence-electron chi connectivity index (χ1n) is 11.1. The van der Waals surface area contributed by atoms with E-state index in [-0.39, 0.29) is 29.5 Å². The van der Waals surface area contributed by atoms with Crippen LogP contribution < -0.4 is 10.2 Å². The number of aromatic nitrogens is 1. The van der Waals surface area contributed by atoms with E-state index in [1.54, 1.807) is 12.3 Å². The molecule has 158 valence electrons. The summed E-state index contributed by atoms with van der Waals surface area (Å²) < 4.78 is 21.2. The summed E-state index contributed by atoms with van der Waals surface area (Å²) in [6, 6.07) is 1.96. The van der Waals surface area contributed by atoms with Gasteiger partial charge in [0.25, 0.3) is 0 Å². The number of piperazine rings is 1. The van der Waals surface area contributed by atoms with Crippen LogP contribution in [0.5, 0.6) is 0 Å². The van der Waals surface area contributed by atoms with Crippen molar-refractivity contribution in [3.63, 3.8) is 0 Å². The molecule has 6 nitrogen and oxygen atoms in total. The molecule has 3 saturated heterocycles. The van der Waals surface area contributed by atoms with E-state index in [1.807, 2.05) is 0 Å². The van der Waals surface area contributed by atoms with Crippen molar-refractivity contribution < 1.29 is 13.9 Å². The Morgan fingerprint density at radius 2 is 2.14 bits per heavy atom. The molecule has 0 radical (unpaired) electrons. The molecule has 0 bridgehead atoms. The summed E-state index contributed by atoms with van der Waals surface area (Å²) in [5.74, 6) is 0.206. The zero-order chi connectivity index (χ0) is 19.8. The van der Waals surface area contributed by atoms with Gasteiger partial charge in [0, 0.05) is 63.8 Å². The summed E-state index contributed by atoms with van der Waals surface area (Å²) >= 11 is 0. The minimum absolute atomic E-state index is 0.0767. The molecule has 0 amide bonds. The minimum atomic E-state index is -0.259. The average Bonchev–Trinajstić information content (AvgIpc) is 3.09. The third kappa shape index (κ3) is 3.80. The minimum Gasteiger partial charge on any atom is -0.371 e. The Bertz CT molecular complexity index is 756. The lowest BCUT2D eigenvalue weighted by Gasteiger charge is -2.47. The number of pyridine rings is 1. The third-order valence-corrected chi connectivity index (χ3v) is 7.36. The molecule has 7 heteroatoms. The Hall–Kier alpha value is -1.57. The number of carbonyl (C=O) groups excluding carboxylic acids is 1. The van der Waals surface area contributed by atoms with E-state index in [9.17, 15) is 9.18 Å². The second kappa shape index (κ2) is 7.93. The van der Waals surface area contributed by atoms with Crippen LogP contribution in [0.2, 0.25) is 0 Å². The molecule has 1 aromatic rings. The number of halogens is 1.